The van der Waals surface area contributed by atoms with Gasteiger partial charge in [-0.25, -0.2) is 4.79 Å². The third-order valence-corrected chi connectivity index (χ3v) is 4.97. The number of rotatable bonds is 6. The zero-order chi connectivity index (χ0) is 21.0. The molecule has 1 saturated heterocycles. The van der Waals surface area contributed by atoms with Crippen molar-refractivity contribution in [1.82, 2.24) is 4.90 Å². The minimum atomic E-state index is -0.623. The number of benzene rings is 1. The van der Waals surface area contributed by atoms with E-state index in [0.717, 1.165) is 16.7 Å². The molecule has 2 aromatic rings. The summed E-state index contributed by atoms with van der Waals surface area (Å²) in [6.07, 6.45) is 2.88. The maximum absolute atomic E-state index is 12.4. The fourth-order valence-electron chi connectivity index (χ4n) is 2.45. The predicted molar refractivity (Wildman–Crippen MR) is 107 cm³/mol. The van der Waals surface area contributed by atoms with Crippen LogP contribution in [0.1, 0.15) is 23.0 Å². The smallest absolute Gasteiger partial charge is 0.339 e. The lowest BCUT2D eigenvalue weighted by Crippen LogP contribution is -2.36. The van der Waals surface area contributed by atoms with Crippen molar-refractivity contribution in [1.29, 1.82) is 0 Å². The number of anilines is 1. The van der Waals surface area contributed by atoms with Crippen molar-refractivity contribution in [3.8, 4) is 0 Å². The Balaban J connectivity index is 1.68. The maximum Gasteiger partial charge on any atom is 0.339 e. The largest absolute Gasteiger partial charge is 0.465 e. The van der Waals surface area contributed by atoms with Gasteiger partial charge in [-0.2, -0.15) is 0 Å². The molecule has 1 aromatic carbocycles. The van der Waals surface area contributed by atoms with Gasteiger partial charge in [0, 0.05) is 11.8 Å². The Hall–Kier alpha value is -3.04. The molecule has 1 N–H and O–H groups in total. The number of esters is 1. The highest BCUT2D eigenvalue weighted by molar-refractivity contribution is 8.18. The van der Waals surface area contributed by atoms with Gasteiger partial charge in [-0.05, 0) is 49.0 Å². The van der Waals surface area contributed by atoms with Crippen LogP contribution in [0.3, 0.4) is 0 Å². The van der Waals surface area contributed by atoms with Crippen LogP contribution >= 0.6 is 23.4 Å². The van der Waals surface area contributed by atoms with Gasteiger partial charge in [0.25, 0.3) is 11.1 Å². The number of carbonyl (C=O) groups is 4. The average molecular weight is 435 g/mol. The first-order chi connectivity index (χ1) is 13.9. The van der Waals surface area contributed by atoms with E-state index in [0.29, 0.717) is 5.76 Å². The van der Waals surface area contributed by atoms with E-state index in [2.05, 4.69) is 5.32 Å². The first-order valence-electron chi connectivity index (χ1n) is 8.44. The van der Waals surface area contributed by atoms with E-state index in [-0.39, 0.29) is 27.8 Å². The number of halogens is 1. The summed E-state index contributed by atoms with van der Waals surface area (Å²) in [7, 11) is 0. The monoisotopic (exact) mass is 434 g/mol. The van der Waals surface area contributed by atoms with Crippen LogP contribution in [-0.2, 0) is 14.3 Å². The van der Waals surface area contributed by atoms with Crippen molar-refractivity contribution in [2.45, 2.75) is 6.92 Å². The fraction of sp³-hybridized carbons (Fsp3) is 0.158. The highest BCUT2D eigenvalue weighted by Crippen LogP contribution is 2.32. The van der Waals surface area contributed by atoms with Gasteiger partial charge in [-0.1, -0.05) is 11.6 Å². The Bertz CT molecular complexity index is 1000. The SMILES string of the molecule is CCOC(=O)c1cc(NC(=O)CN2C(=O)SC(=Cc3ccco3)C2=O)ccc1Cl. The van der Waals surface area contributed by atoms with E-state index in [1.807, 2.05) is 0 Å². The van der Waals surface area contributed by atoms with E-state index >= 15 is 0 Å². The molecule has 0 saturated carbocycles. The van der Waals surface area contributed by atoms with Gasteiger partial charge in [-0.15, -0.1) is 0 Å². The summed E-state index contributed by atoms with van der Waals surface area (Å²) in [5.41, 5.74) is 0.374. The molecular weight excluding hydrogens is 420 g/mol. The van der Waals surface area contributed by atoms with Gasteiger partial charge in [-0.3, -0.25) is 19.3 Å². The number of hydrogen-bond donors (Lipinski definition) is 1. The minimum absolute atomic E-state index is 0.0962. The van der Waals surface area contributed by atoms with Crippen LogP contribution in [0.4, 0.5) is 10.5 Å². The van der Waals surface area contributed by atoms with Crippen LogP contribution in [0, 0.1) is 0 Å². The molecule has 3 amide bonds. The quantitative estimate of drug-likeness (QED) is 0.544. The molecule has 2 heterocycles. The first-order valence-corrected chi connectivity index (χ1v) is 9.64. The van der Waals surface area contributed by atoms with Crippen LogP contribution in [0.25, 0.3) is 6.08 Å². The topological polar surface area (TPSA) is 106 Å². The number of imide groups is 1. The Morgan fingerprint density at radius 2 is 2.10 bits per heavy atom. The lowest BCUT2D eigenvalue weighted by molar-refractivity contribution is -0.127. The number of nitrogens with one attached hydrogen (secondary N) is 1. The lowest BCUT2D eigenvalue weighted by atomic mass is 10.2. The number of thioether (sulfide) groups is 1. The summed E-state index contributed by atoms with van der Waals surface area (Å²) < 4.78 is 10.0. The number of ether oxygens (including phenoxy) is 1. The molecule has 3 rings (SSSR count). The number of carbonyl (C=O) groups excluding carboxylic acids is 4. The molecule has 0 bridgehead atoms. The maximum atomic E-state index is 12.4. The van der Waals surface area contributed by atoms with Gasteiger partial charge < -0.3 is 14.5 Å². The van der Waals surface area contributed by atoms with Crippen molar-refractivity contribution in [3.05, 3.63) is 57.8 Å². The van der Waals surface area contributed by atoms with Gasteiger partial charge in [0.05, 0.1) is 28.4 Å². The summed E-state index contributed by atoms with van der Waals surface area (Å²) >= 11 is 6.71. The fourth-order valence-corrected chi connectivity index (χ4v) is 3.46. The van der Waals surface area contributed by atoms with Crippen LogP contribution < -0.4 is 5.32 Å². The van der Waals surface area contributed by atoms with Crippen LogP contribution in [0.2, 0.25) is 5.02 Å². The molecule has 0 aliphatic carbocycles. The first kappa shape index (κ1) is 20.7. The second-order valence-electron chi connectivity index (χ2n) is 5.75. The molecule has 1 aliphatic heterocycles. The molecule has 0 radical (unpaired) electrons. The number of amides is 3. The summed E-state index contributed by atoms with van der Waals surface area (Å²) in [6, 6.07) is 7.59. The van der Waals surface area contributed by atoms with E-state index in [1.165, 1.54) is 30.5 Å². The standard InChI is InChI=1S/C19H15ClN2O6S/c1-2-27-18(25)13-8-11(5-6-14(13)20)21-16(23)10-22-17(24)15(29-19(22)26)9-12-4-3-7-28-12/h3-9H,2,10H2,1H3,(H,21,23). The molecule has 1 aromatic heterocycles. The molecule has 0 spiro atoms. The van der Waals surface area contributed by atoms with Gasteiger partial charge in [0.15, 0.2) is 0 Å². The van der Waals surface area contributed by atoms with E-state index in [4.69, 9.17) is 20.8 Å². The van der Waals surface area contributed by atoms with Crippen LogP contribution in [0.15, 0.2) is 45.9 Å². The normalized spacial score (nSPS) is 15.1. The van der Waals surface area contributed by atoms with Gasteiger partial charge in [0.1, 0.15) is 12.3 Å². The summed E-state index contributed by atoms with van der Waals surface area (Å²) in [6.45, 7) is 1.36. The molecule has 8 nitrogen and oxygen atoms in total. The molecule has 150 valence electrons. The van der Waals surface area contributed by atoms with Crippen molar-refractivity contribution in [2.24, 2.45) is 0 Å². The second kappa shape index (κ2) is 8.97. The molecule has 1 fully saturated rings. The highest BCUT2D eigenvalue weighted by Gasteiger charge is 2.36. The molecular formula is C19H15ClN2O6S. The summed E-state index contributed by atoms with van der Waals surface area (Å²) in [5.74, 6) is -1.39. The molecule has 10 heteroatoms. The zero-order valence-electron chi connectivity index (χ0n) is 15.1. The Morgan fingerprint density at radius 3 is 2.79 bits per heavy atom. The predicted octanol–water partition coefficient (Wildman–Crippen LogP) is 3.78. The molecule has 1 aliphatic rings. The number of nitrogens with zero attached hydrogens (tertiary/aromatic N) is 1. The highest BCUT2D eigenvalue weighted by atomic mass is 35.5. The number of hydrogen-bond acceptors (Lipinski definition) is 7. The minimum Gasteiger partial charge on any atom is -0.465 e. The molecule has 0 unspecified atom stereocenters. The Morgan fingerprint density at radius 1 is 1.31 bits per heavy atom. The lowest BCUT2D eigenvalue weighted by Gasteiger charge is -2.13. The Kier molecular flexibility index (Phi) is 6.40. The molecule has 29 heavy (non-hydrogen) atoms. The second-order valence-corrected chi connectivity index (χ2v) is 7.15. The van der Waals surface area contributed by atoms with Crippen molar-refractivity contribution in [3.63, 3.8) is 0 Å². The summed E-state index contributed by atoms with van der Waals surface area (Å²) in [4.78, 5) is 49.7. The van der Waals surface area contributed by atoms with Crippen molar-refractivity contribution in [2.75, 3.05) is 18.5 Å². The Labute approximate surface area is 174 Å². The van der Waals surface area contributed by atoms with E-state index < -0.39 is 29.6 Å². The van der Waals surface area contributed by atoms with Crippen LogP contribution in [-0.4, -0.2) is 41.1 Å². The van der Waals surface area contributed by atoms with Crippen molar-refractivity contribution >= 4 is 58.1 Å². The van der Waals surface area contributed by atoms with E-state index in [1.54, 1.807) is 19.1 Å². The average Bonchev–Trinajstić information content (AvgIpc) is 3.28. The summed E-state index contributed by atoms with van der Waals surface area (Å²) in [5, 5.41) is 2.15. The number of furan rings is 1. The van der Waals surface area contributed by atoms with Crippen LogP contribution in [0.5, 0.6) is 0 Å². The van der Waals surface area contributed by atoms with Gasteiger partial charge in [0.2, 0.25) is 5.91 Å². The molecule has 0 atom stereocenters. The van der Waals surface area contributed by atoms with Crippen molar-refractivity contribution < 1.29 is 28.3 Å². The zero-order valence-corrected chi connectivity index (χ0v) is 16.7. The third kappa shape index (κ3) is 4.87. The van der Waals surface area contributed by atoms with E-state index in [9.17, 15) is 19.2 Å². The van der Waals surface area contributed by atoms with Gasteiger partial charge >= 0.3 is 5.97 Å². The third-order valence-electron chi connectivity index (χ3n) is 3.74.